The molecule has 1 aromatic heterocycles. The standard InChI is InChI=1S/C22H40N6O/c1-5-23-22(24-15-21(26(2)3)19-14-25-27(4)16-19)28-12-10-20(11-13-28)29-17-18-8-6-7-9-18/h14,16,18,20-21H,5-13,15,17H2,1-4H3,(H,23,24). The third-order valence-corrected chi connectivity index (χ3v) is 6.27. The molecule has 0 amide bonds. The Balaban J connectivity index is 1.53. The van der Waals surface area contributed by atoms with E-state index in [0.29, 0.717) is 6.10 Å². The maximum Gasteiger partial charge on any atom is 0.193 e. The van der Waals surface area contributed by atoms with Crippen molar-refractivity contribution in [2.75, 3.05) is 46.9 Å². The van der Waals surface area contributed by atoms with Gasteiger partial charge in [-0.25, -0.2) is 0 Å². The number of aromatic nitrogens is 2. The van der Waals surface area contributed by atoms with Gasteiger partial charge in [0.2, 0.25) is 0 Å². The summed E-state index contributed by atoms with van der Waals surface area (Å²) in [6.45, 7) is 6.74. The Morgan fingerprint density at radius 2 is 2.00 bits per heavy atom. The molecule has 0 radical (unpaired) electrons. The predicted molar refractivity (Wildman–Crippen MR) is 118 cm³/mol. The van der Waals surface area contributed by atoms with Gasteiger partial charge in [0, 0.05) is 45.0 Å². The van der Waals surface area contributed by atoms with Gasteiger partial charge in [-0.15, -0.1) is 0 Å². The van der Waals surface area contributed by atoms with Crippen LogP contribution in [0.4, 0.5) is 0 Å². The minimum absolute atomic E-state index is 0.227. The number of likely N-dealkylation sites (tertiary alicyclic amines) is 1. The lowest BCUT2D eigenvalue weighted by Gasteiger charge is -2.35. The lowest BCUT2D eigenvalue weighted by Crippen LogP contribution is -2.47. The monoisotopic (exact) mass is 404 g/mol. The molecule has 3 rings (SSSR count). The Morgan fingerprint density at radius 1 is 1.28 bits per heavy atom. The van der Waals surface area contributed by atoms with Gasteiger partial charge in [-0.3, -0.25) is 9.67 Å². The normalized spacial score (nSPS) is 20.6. The van der Waals surface area contributed by atoms with E-state index in [2.05, 4.69) is 47.4 Å². The second kappa shape index (κ2) is 11.0. The van der Waals surface area contributed by atoms with Crippen molar-refractivity contribution in [3.05, 3.63) is 18.0 Å². The molecule has 2 fully saturated rings. The molecule has 0 bridgehead atoms. The number of hydrogen-bond acceptors (Lipinski definition) is 4. The van der Waals surface area contributed by atoms with Gasteiger partial charge in [-0.1, -0.05) is 12.8 Å². The number of likely N-dealkylation sites (N-methyl/N-ethyl adjacent to an activating group) is 1. The summed E-state index contributed by atoms with van der Waals surface area (Å²) in [5.41, 5.74) is 1.20. The lowest BCUT2D eigenvalue weighted by molar-refractivity contribution is 0.00100. The van der Waals surface area contributed by atoms with Crippen molar-refractivity contribution in [3.63, 3.8) is 0 Å². The second-order valence-electron chi connectivity index (χ2n) is 8.79. The highest BCUT2D eigenvalue weighted by Gasteiger charge is 2.24. The second-order valence-corrected chi connectivity index (χ2v) is 8.79. The molecule has 1 saturated carbocycles. The minimum Gasteiger partial charge on any atom is -0.378 e. The summed E-state index contributed by atoms with van der Waals surface area (Å²) in [7, 11) is 6.17. The Labute approximate surface area is 176 Å². The van der Waals surface area contributed by atoms with E-state index in [0.717, 1.165) is 57.5 Å². The summed E-state index contributed by atoms with van der Waals surface area (Å²) < 4.78 is 8.10. The van der Waals surface area contributed by atoms with Gasteiger partial charge in [-0.05, 0) is 52.6 Å². The van der Waals surface area contributed by atoms with Gasteiger partial charge in [0.15, 0.2) is 5.96 Å². The van der Waals surface area contributed by atoms with Crippen LogP contribution in [0.1, 0.15) is 57.1 Å². The zero-order chi connectivity index (χ0) is 20.6. The zero-order valence-electron chi connectivity index (χ0n) is 18.8. The highest BCUT2D eigenvalue weighted by molar-refractivity contribution is 5.80. The third kappa shape index (κ3) is 6.44. The highest BCUT2D eigenvalue weighted by atomic mass is 16.5. The number of piperidine rings is 1. The van der Waals surface area contributed by atoms with E-state index in [1.54, 1.807) is 0 Å². The Kier molecular flexibility index (Phi) is 8.36. The summed E-state index contributed by atoms with van der Waals surface area (Å²) in [4.78, 5) is 9.60. The van der Waals surface area contributed by atoms with Crippen LogP contribution >= 0.6 is 0 Å². The van der Waals surface area contributed by atoms with Crippen molar-refractivity contribution < 1.29 is 4.74 Å². The molecule has 7 nitrogen and oxygen atoms in total. The first kappa shape index (κ1) is 22.1. The molecular formula is C22H40N6O. The minimum atomic E-state index is 0.227. The van der Waals surface area contributed by atoms with Gasteiger partial charge < -0.3 is 19.9 Å². The lowest BCUT2D eigenvalue weighted by atomic mass is 10.1. The highest BCUT2D eigenvalue weighted by Crippen LogP contribution is 2.26. The largest absolute Gasteiger partial charge is 0.378 e. The molecule has 1 aliphatic heterocycles. The fourth-order valence-electron chi connectivity index (χ4n) is 4.46. The van der Waals surface area contributed by atoms with E-state index in [4.69, 9.17) is 9.73 Å². The summed E-state index contributed by atoms with van der Waals surface area (Å²) in [6, 6.07) is 0.227. The van der Waals surface area contributed by atoms with Crippen molar-refractivity contribution >= 4 is 5.96 Å². The van der Waals surface area contributed by atoms with Crippen LogP contribution in [0.3, 0.4) is 0 Å². The zero-order valence-corrected chi connectivity index (χ0v) is 18.8. The molecule has 1 atom stereocenters. The average Bonchev–Trinajstić information content (AvgIpc) is 3.38. The van der Waals surface area contributed by atoms with Crippen LogP contribution in [0.15, 0.2) is 17.4 Å². The Hall–Kier alpha value is -1.60. The predicted octanol–water partition coefficient (Wildman–Crippen LogP) is 2.66. The van der Waals surface area contributed by atoms with Gasteiger partial charge >= 0.3 is 0 Å². The average molecular weight is 405 g/mol. The molecule has 29 heavy (non-hydrogen) atoms. The van der Waals surface area contributed by atoms with Crippen LogP contribution in [0.5, 0.6) is 0 Å². The number of ether oxygens (including phenoxy) is 1. The molecule has 1 aromatic rings. The van der Waals surface area contributed by atoms with Gasteiger partial charge in [-0.2, -0.15) is 5.10 Å². The van der Waals surface area contributed by atoms with E-state index in [1.807, 2.05) is 17.9 Å². The molecule has 2 heterocycles. The topological polar surface area (TPSA) is 57.9 Å². The fraction of sp³-hybridized carbons (Fsp3) is 0.818. The number of rotatable bonds is 8. The van der Waals surface area contributed by atoms with E-state index in [1.165, 1.54) is 31.2 Å². The number of aryl methyl sites for hydroxylation is 1. The SMILES string of the molecule is CCNC(=NCC(c1cnn(C)c1)N(C)C)N1CCC(OCC2CCCC2)CC1. The fourth-order valence-corrected chi connectivity index (χ4v) is 4.46. The van der Waals surface area contributed by atoms with Crippen molar-refractivity contribution in [2.24, 2.45) is 18.0 Å². The third-order valence-electron chi connectivity index (χ3n) is 6.27. The maximum absolute atomic E-state index is 6.24. The van der Waals surface area contributed by atoms with Crippen LogP contribution in [0, 0.1) is 5.92 Å². The van der Waals surface area contributed by atoms with Crippen LogP contribution in [0.2, 0.25) is 0 Å². The van der Waals surface area contributed by atoms with E-state index >= 15 is 0 Å². The first-order chi connectivity index (χ1) is 14.1. The Morgan fingerprint density at radius 3 is 2.59 bits per heavy atom. The number of aliphatic imine (C=N–C) groups is 1. The molecule has 0 aromatic carbocycles. The maximum atomic E-state index is 6.24. The first-order valence-corrected chi connectivity index (χ1v) is 11.4. The van der Waals surface area contributed by atoms with E-state index in [-0.39, 0.29) is 6.04 Å². The molecule has 1 unspecified atom stereocenters. The Bertz CT molecular complexity index is 629. The molecule has 0 spiro atoms. The first-order valence-electron chi connectivity index (χ1n) is 11.4. The summed E-state index contributed by atoms with van der Waals surface area (Å²) in [5.74, 6) is 1.83. The van der Waals surface area contributed by atoms with Gasteiger partial charge in [0.25, 0.3) is 0 Å². The number of nitrogens with one attached hydrogen (secondary N) is 1. The number of guanidine groups is 1. The van der Waals surface area contributed by atoms with E-state index < -0.39 is 0 Å². The van der Waals surface area contributed by atoms with Crippen LogP contribution in [0.25, 0.3) is 0 Å². The van der Waals surface area contributed by atoms with Crippen molar-refractivity contribution in [1.29, 1.82) is 0 Å². The van der Waals surface area contributed by atoms with Crippen LogP contribution < -0.4 is 5.32 Å². The molecule has 1 aliphatic carbocycles. The van der Waals surface area contributed by atoms with Crippen LogP contribution in [-0.4, -0.2) is 78.5 Å². The number of hydrogen-bond donors (Lipinski definition) is 1. The van der Waals surface area contributed by atoms with Crippen LogP contribution in [-0.2, 0) is 11.8 Å². The summed E-state index contributed by atoms with van der Waals surface area (Å²) in [6.07, 6.45) is 12.1. The van der Waals surface area contributed by atoms with Gasteiger partial charge in [0.1, 0.15) is 0 Å². The van der Waals surface area contributed by atoms with Crippen molar-refractivity contribution in [2.45, 2.75) is 57.6 Å². The molecule has 7 heteroatoms. The van der Waals surface area contributed by atoms with E-state index in [9.17, 15) is 0 Å². The van der Waals surface area contributed by atoms with Crippen molar-refractivity contribution in [1.82, 2.24) is 24.9 Å². The summed E-state index contributed by atoms with van der Waals surface area (Å²) >= 11 is 0. The summed E-state index contributed by atoms with van der Waals surface area (Å²) in [5, 5.41) is 7.82. The van der Waals surface area contributed by atoms with Crippen molar-refractivity contribution in [3.8, 4) is 0 Å². The molecule has 1 saturated heterocycles. The quantitative estimate of drug-likeness (QED) is 0.533. The molecule has 2 aliphatic rings. The molecular weight excluding hydrogens is 364 g/mol. The molecule has 1 N–H and O–H groups in total. The van der Waals surface area contributed by atoms with Gasteiger partial charge in [0.05, 0.1) is 24.9 Å². The number of nitrogens with zero attached hydrogens (tertiary/aromatic N) is 5. The molecule has 164 valence electrons. The smallest absolute Gasteiger partial charge is 0.193 e.